The van der Waals surface area contributed by atoms with Crippen molar-refractivity contribution in [1.82, 2.24) is 4.98 Å². The molecular weight excluding hydrogens is 210 g/mol. The molecule has 5 heteroatoms. The molecule has 16 heavy (non-hydrogen) atoms. The van der Waals surface area contributed by atoms with Crippen LogP contribution in [0.3, 0.4) is 0 Å². The van der Waals surface area contributed by atoms with Crippen molar-refractivity contribution < 1.29 is 14.3 Å². The minimum absolute atomic E-state index is 0.139. The zero-order valence-electron chi connectivity index (χ0n) is 8.15. The normalized spacial score (nSPS) is 13.0. The summed E-state index contributed by atoms with van der Waals surface area (Å²) in [6.07, 6.45) is 2.08. The van der Waals surface area contributed by atoms with E-state index in [9.17, 15) is 9.59 Å². The van der Waals surface area contributed by atoms with Crippen LogP contribution in [-0.2, 0) is 0 Å². The first kappa shape index (κ1) is 8.96. The smallest absolute Gasteiger partial charge is 0.255 e. The Morgan fingerprint density at radius 1 is 1.19 bits per heavy atom. The number of aldehydes is 1. The van der Waals surface area contributed by atoms with Gasteiger partial charge < -0.3 is 14.5 Å². The predicted molar refractivity (Wildman–Crippen MR) is 56.1 cm³/mol. The second-order valence-corrected chi connectivity index (χ2v) is 3.44. The van der Waals surface area contributed by atoms with Crippen LogP contribution in [0.15, 0.2) is 23.1 Å². The van der Waals surface area contributed by atoms with Crippen molar-refractivity contribution in [2.24, 2.45) is 0 Å². The van der Waals surface area contributed by atoms with Crippen LogP contribution in [0.4, 0.5) is 0 Å². The second kappa shape index (κ2) is 3.10. The number of aromatic amines is 1. The van der Waals surface area contributed by atoms with E-state index in [0.29, 0.717) is 34.1 Å². The Morgan fingerprint density at radius 3 is 2.56 bits per heavy atom. The van der Waals surface area contributed by atoms with Gasteiger partial charge in [0, 0.05) is 17.1 Å². The van der Waals surface area contributed by atoms with Gasteiger partial charge in [0.2, 0.25) is 6.79 Å². The van der Waals surface area contributed by atoms with Crippen LogP contribution >= 0.6 is 0 Å². The highest BCUT2D eigenvalue weighted by molar-refractivity contribution is 5.98. The highest BCUT2D eigenvalue weighted by atomic mass is 16.7. The highest BCUT2D eigenvalue weighted by Crippen LogP contribution is 2.35. The second-order valence-electron chi connectivity index (χ2n) is 3.44. The third-order valence-electron chi connectivity index (χ3n) is 2.55. The molecule has 3 rings (SSSR count). The summed E-state index contributed by atoms with van der Waals surface area (Å²) >= 11 is 0. The molecule has 2 aromatic rings. The fourth-order valence-electron chi connectivity index (χ4n) is 1.76. The van der Waals surface area contributed by atoms with Gasteiger partial charge in [0.15, 0.2) is 17.8 Å². The molecule has 0 fully saturated rings. The summed E-state index contributed by atoms with van der Waals surface area (Å²) in [4.78, 5) is 24.9. The molecule has 1 aliphatic heterocycles. The summed E-state index contributed by atoms with van der Waals surface area (Å²) in [5.41, 5.74) is 0.173. The predicted octanol–water partition coefficient (Wildman–Crippen LogP) is 1.07. The van der Waals surface area contributed by atoms with E-state index in [-0.39, 0.29) is 12.4 Å². The maximum Gasteiger partial charge on any atom is 0.255 e. The monoisotopic (exact) mass is 217 g/mol. The van der Waals surface area contributed by atoms with Gasteiger partial charge in [0.05, 0.1) is 5.39 Å². The summed E-state index contributed by atoms with van der Waals surface area (Å²) in [7, 11) is 0. The molecule has 0 atom stereocenters. The van der Waals surface area contributed by atoms with Gasteiger partial charge in [-0.3, -0.25) is 9.59 Å². The summed E-state index contributed by atoms with van der Waals surface area (Å²) in [6, 6.07) is 3.24. The van der Waals surface area contributed by atoms with E-state index in [4.69, 9.17) is 9.47 Å². The van der Waals surface area contributed by atoms with Gasteiger partial charge in [-0.2, -0.15) is 0 Å². The fourth-order valence-corrected chi connectivity index (χ4v) is 1.76. The van der Waals surface area contributed by atoms with Gasteiger partial charge in [-0.15, -0.1) is 0 Å². The van der Waals surface area contributed by atoms with E-state index in [1.165, 1.54) is 6.20 Å². The van der Waals surface area contributed by atoms with E-state index in [1.54, 1.807) is 12.1 Å². The van der Waals surface area contributed by atoms with Crippen LogP contribution in [0.2, 0.25) is 0 Å². The van der Waals surface area contributed by atoms with Crippen LogP contribution in [0, 0.1) is 0 Å². The number of nitrogens with one attached hydrogen (secondary N) is 1. The van der Waals surface area contributed by atoms with Crippen molar-refractivity contribution in [2.75, 3.05) is 6.79 Å². The summed E-state index contributed by atoms with van der Waals surface area (Å²) in [5.74, 6) is 1.09. The van der Waals surface area contributed by atoms with Gasteiger partial charge in [0.1, 0.15) is 0 Å². The van der Waals surface area contributed by atoms with E-state index < -0.39 is 0 Å². The Hall–Kier alpha value is -2.30. The minimum Gasteiger partial charge on any atom is -0.454 e. The molecule has 80 valence electrons. The molecule has 1 N–H and O–H groups in total. The van der Waals surface area contributed by atoms with Crippen molar-refractivity contribution >= 4 is 17.1 Å². The number of hydrogen-bond donors (Lipinski definition) is 1. The molecule has 2 heterocycles. The number of ether oxygens (including phenoxy) is 2. The van der Waals surface area contributed by atoms with Crippen LogP contribution in [-0.4, -0.2) is 18.1 Å². The number of carbonyl (C=O) groups excluding carboxylic acids is 1. The molecule has 0 saturated carbocycles. The Labute approximate surface area is 89.6 Å². The number of rotatable bonds is 1. The average Bonchev–Trinajstić information content (AvgIpc) is 2.75. The average molecular weight is 217 g/mol. The molecule has 1 aromatic heterocycles. The Morgan fingerprint density at radius 2 is 1.88 bits per heavy atom. The lowest BCUT2D eigenvalue weighted by Crippen LogP contribution is -2.06. The molecule has 0 aliphatic carbocycles. The lowest BCUT2D eigenvalue weighted by molar-refractivity contribution is 0.112. The summed E-state index contributed by atoms with van der Waals surface area (Å²) < 4.78 is 10.4. The first-order chi connectivity index (χ1) is 7.79. The van der Waals surface area contributed by atoms with Crippen molar-refractivity contribution in [3.8, 4) is 11.5 Å². The number of benzene rings is 1. The topological polar surface area (TPSA) is 68.4 Å². The number of fused-ring (bicyclic) bond motifs is 2. The largest absolute Gasteiger partial charge is 0.454 e. The maximum atomic E-state index is 11.6. The van der Waals surface area contributed by atoms with E-state index >= 15 is 0 Å². The van der Waals surface area contributed by atoms with E-state index in [1.807, 2.05) is 0 Å². The van der Waals surface area contributed by atoms with Crippen molar-refractivity contribution in [3.63, 3.8) is 0 Å². The number of carbonyl (C=O) groups is 1. The molecule has 1 aromatic carbocycles. The quantitative estimate of drug-likeness (QED) is 0.725. The van der Waals surface area contributed by atoms with Gasteiger partial charge in [-0.1, -0.05) is 0 Å². The molecule has 0 unspecified atom stereocenters. The summed E-state index contributed by atoms with van der Waals surface area (Å²) in [6.45, 7) is 0.139. The maximum absolute atomic E-state index is 11.6. The molecule has 1 aliphatic rings. The Bertz CT molecular complexity index is 644. The van der Waals surface area contributed by atoms with Crippen LogP contribution in [0.25, 0.3) is 10.8 Å². The molecule has 0 spiro atoms. The first-order valence-electron chi connectivity index (χ1n) is 4.70. The molecule has 0 radical (unpaired) electrons. The van der Waals surface area contributed by atoms with Crippen molar-refractivity contribution in [3.05, 3.63) is 34.2 Å². The van der Waals surface area contributed by atoms with E-state index in [2.05, 4.69) is 4.98 Å². The van der Waals surface area contributed by atoms with Gasteiger partial charge in [0.25, 0.3) is 5.56 Å². The Kier molecular flexibility index (Phi) is 1.73. The van der Waals surface area contributed by atoms with Crippen LogP contribution in [0.1, 0.15) is 10.4 Å². The standard InChI is InChI=1S/C11H7NO4/c13-4-6-3-12-11(14)8-2-10-9(1-7(6)8)15-5-16-10/h1-4H,5H2,(H,12,14). The van der Waals surface area contributed by atoms with Crippen molar-refractivity contribution in [2.45, 2.75) is 0 Å². The number of aromatic nitrogens is 1. The highest BCUT2D eigenvalue weighted by Gasteiger charge is 2.16. The van der Waals surface area contributed by atoms with Crippen LogP contribution in [0.5, 0.6) is 11.5 Å². The number of pyridine rings is 1. The number of H-pyrrole nitrogens is 1. The van der Waals surface area contributed by atoms with Crippen molar-refractivity contribution in [1.29, 1.82) is 0 Å². The first-order valence-corrected chi connectivity index (χ1v) is 4.70. The van der Waals surface area contributed by atoms with E-state index in [0.717, 1.165) is 0 Å². The fraction of sp³-hybridized carbons (Fsp3) is 0.0909. The molecular formula is C11H7NO4. The lowest BCUT2D eigenvalue weighted by atomic mass is 10.1. The lowest BCUT2D eigenvalue weighted by Gasteiger charge is -2.02. The summed E-state index contributed by atoms with van der Waals surface area (Å²) in [5, 5.41) is 0.997. The third kappa shape index (κ3) is 1.11. The Balaban J connectivity index is 2.46. The zero-order chi connectivity index (χ0) is 11.1. The van der Waals surface area contributed by atoms with Gasteiger partial charge in [-0.25, -0.2) is 0 Å². The molecule has 0 saturated heterocycles. The molecule has 0 bridgehead atoms. The van der Waals surface area contributed by atoms with Crippen LogP contribution < -0.4 is 15.0 Å². The zero-order valence-corrected chi connectivity index (χ0v) is 8.15. The van der Waals surface area contributed by atoms with Gasteiger partial charge >= 0.3 is 0 Å². The van der Waals surface area contributed by atoms with Gasteiger partial charge in [-0.05, 0) is 12.1 Å². The SMILES string of the molecule is O=Cc1c[nH]c(=O)c2cc3c(cc12)OCO3. The minimum atomic E-state index is -0.251. The third-order valence-corrected chi connectivity index (χ3v) is 2.55. The number of hydrogen-bond acceptors (Lipinski definition) is 4. The molecule has 0 amide bonds. The molecule has 5 nitrogen and oxygen atoms in total.